The third kappa shape index (κ3) is 1.82. The van der Waals surface area contributed by atoms with Crippen LogP contribution in [0.2, 0.25) is 0 Å². The van der Waals surface area contributed by atoms with Crippen molar-refractivity contribution in [2.24, 2.45) is 0 Å². The van der Waals surface area contributed by atoms with E-state index in [4.69, 9.17) is 0 Å². The molecule has 3 aromatic rings. The van der Waals surface area contributed by atoms with E-state index in [0.29, 0.717) is 0 Å². The minimum atomic E-state index is 1.08. The van der Waals surface area contributed by atoms with Gasteiger partial charge in [0, 0.05) is 34.6 Å². The maximum atomic E-state index is 4.04. The van der Waals surface area contributed by atoms with Crippen molar-refractivity contribution >= 4 is 10.9 Å². The molecule has 0 aliphatic carbocycles. The Morgan fingerprint density at radius 2 is 1.88 bits per heavy atom. The van der Waals surface area contributed by atoms with Crippen molar-refractivity contribution in [2.45, 2.75) is 13.3 Å². The number of aromatic amines is 1. The lowest BCUT2D eigenvalue weighted by molar-refractivity contribution is 1.15. The molecule has 0 saturated carbocycles. The fraction of sp³-hybridized carbons (Fsp3) is 0.133. The van der Waals surface area contributed by atoms with Gasteiger partial charge in [-0.15, -0.1) is 0 Å². The lowest BCUT2D eigenvalue weighted by Crippen LogP contribution is -1.78. The van der Waals surface area contributed by atoms with E-state index in [9.17, 15) is 0 Å². The molecule has 1 N–H and O–H groups in total. The number of benzene rings is 1. The topological polar surface area (TPSA) is 28.7 Å². The maximum absolute atomic E-state index is 4.04. The Balaban J connectivity index is 2.14. The number of hydrogen-bond donors (Lipinski definition) is 1. The van der Waals surface area contributed by atoms with Crippen molar-refractivity contribution in [1.82, 2.24) is 9.97 Å². The number of fused-ring (bicyclic) bond motifs is 1. The van der Waals surface area contributed by atoms with Crippen LogP contribution in [0.1, 0.15) is 12.5 Å². The van der Waals surface area contributed by atoms with Crippen molar-refractivity contribution in [1.29, 1.82) is 0 Å². The lowest BCUT2D eigenvalue weighted by Gasteiger charge is -1.95. The summed E-state index contributed by atoms with van der Waals surface area (Å²) in [6, 6.07) is 12.8. The summed E-state index contributed by atoms with van der Waals surface area (Å²) in [5.74, 6) is 0. The predicted octanol–water partition coefficient (Wildman–Crippen LogP) is 3.79. The van der Waals surface area contributed by atoms with Crippen molar-refractivity contribution in [3.63, 3.8) is 0 Å². The van der Waals surface area contributed by atoms with Gasteiger partial charge in [-0.2, -0.15) is 0 Å². The highest BCUT2D eigenvalue weighted by Crippen LogP contribution is 2.24. The average molecular weight is 222 g/mol. The molecule has 0 fully saturated rings. The van der Waals surface area contributed by atoms with Gasteiger partial charge >= 0.3 is 0 Å². The van der Waals surface area contributed by atoms with E-state index in [2.05, 4.69) is 41.2 Å². The first-order chi connectivity index (χ1) is 8.36. The summed E-state index contributed by atoms with van der Waals surface area (Å²) in [6.07, 6.45) is 4.71. The summed E-state index contributed by atoms with van der Waals surface area (Å²) in [5, 5.41) is 1.27. The largest absolute Gasteiger partial charge is 0.355 e. The molecular formula is C15H14N2. The van der Waals surface area contributed by atoms with Gasteiger partial charge in [0.05, 0.1) is 0 Å². The Labute approximate surface area is 100 Å². The zero-order chi connectivity index (χ0) is 11.7. The fourth-order valence-corrected chi connectivity index (χ4v) is 2.09. The van der Waals surface area contributed by atoms with Gasteiger partial charge in [-0.3, -0.25) is 4.98 Å². The zero-order valence-electron chi connectivity index (χ0n) is 9.77. The van der Waals surface area contributed by atoms with Crippen LogP contribution in [0.15, 0.2) is 48.8 Å². The first-order valence-electron chi connectivity index (χ1n) is 5.89. The molecule has 0 aliphatic rings. The summed E-state index contributed by atoms with van der Waals surface area (Å²) < 4.78 is 0. The highest BCUT2D eigenvalue weighted by molar-refractivity contribution is 5.86. The third-order valence-corrected chi connectivity index (χ3v) is 3.08. The quantitative estimate of drug-likeness (QED) is 0.702. The van der Waals surface area contributed by atoms with Crippen molar-refractivity contribution in [3.8, 4) is 11.3 Å². The number of H-pyrrole nitrogens is 1. The molecule has 2 heterocycles. The van der Waals surface area contributed by atoms with Gasteiger partial charge < -0.3 is 4.98 Å². The smallest absolute Gasteiger partial charge is 0.0465 e. The molecule has 17 heavy (non-hydrogen) atoms. The number of nitrogens with one attached hydrogen (secondary N) is 1. The van der Waals surface area contributed by atoms with Crippen molar-refractivity contribution in [3.05, 3.63) is 54.4 Å². The molecule has 0 radical (unpaired) electrons. The molecule has 0 amide bonds. The number of pyridine rings is 1. The van der Waals surface area contributed by atoms with Crippen LogP contribution in [0.25, 0.3) is 22.2 Å². The number of hydrogen-bond acceptors (Lipinski definition) is 1. The molecule has 0 aliphatic heterocycles. The molecule has 2 aromatic heterocycles. The molecule has 0 atom stereocenters. The van der Waals surface area contributed by atoms with Crippen LogP contribution in [-0.4, -0.2) is 9.97 Å². The van der Waals surface area contributed by atoms with E-state index in [0.717, 1.165) is 12.1 Å². The maximum Gasteiger partial charge on any atom is 0.0465 e. The van der Waals surface area contributed by atoms with E-state index in [-0.39, 0.29) is 0 Å². The molecule has 2 nitrogen and oxygen atoms in total. The van der Waals surface area contributed by atoms with Crippen LogP contribution in [-0.2, 0) is 6.42 Å². The highest BCUT2D eigenvalue weighted by Gasteiger charge is 2.03. The second-order valence-electron chi connectivity index (χ2n) is 4.19. The monoisotopic (exact) mass is 222 g/mol. The van der Waals surface area contributed by atoms with Gasteiger partial charge in [0.2, 0.25) is 0 Å². The number of aromatic nitrogens is 2. The molecule has 0 unspecified atom stereocenters. The van der Waals surface area contributed by atoms with Crippen LogP contribution in [0, 0.1) is 0 Å². The van der Waals surface area contributed by atoms with Gasteiger partial charge in [0.25, 0.3) is 0 Å². The van der Waals surface area contributed by atoms with Crippen LogP contribution in [0.5, 0.6) is 0 Å². The summed E-state index contributed by atoms with van der Waals surface area (Å²) in [4.78, 5) is 7.47. The summed E-state index contributed by atoms with van der Waals surface area (Å²) in [6.45, 7) is 2.18. The summed E-state index contributed by atoms with van der Waals surface area (Å²) >= 11 is 0. The molecule has 0 saturated heterocycles. The van der Waals surface area contributed by atoms with E-state index in [1.807, 2.05) is 24.5 Å². The minimum absolute atomic E-state index is 1.08. The molecule has 0 spiro atoms. The van der Waals surface area contributed by atoms with Crippen LogP contribution < -0.4 is 0 Å². The molecule has 1 aromatic carbocycles. The molecule has 3 rings (SSSR count). The second kappa shape index (κ2) is 4.06. The first kappa shape index (κ1) is 10.1. The number of rotatable bonds is 2. The van der Waals surface area contributed by atoms with Gasteiger partial charge in [-0.1, -0.05) is 13.0 Å². The SMILES string of the molecule is CCc1ccc2[nH]c(-c3ccncc3)cc2c1. The second-order valence-corrected chi connectivity index (χ2v) is 4.19. The zero-order valence-corrected chi connectivity index (χ0v) is 9.77. The van der Waals surface area contributed by atoms with Gasteiger partial charge in [-0.25, -0.2) is 0 Å². The Hall–Kier alpha value is -2.09. The fourth-order valence-electron chi connectivity index (χ4n) is 2.09. The molecule has 0 bridgehead atoms. The number of nitrogens with zero attached hydrogens (tertiary/aromatic N) is 1. The molecular weight excluding hydrogens is 208 g/mol. The summed E-state index contributed by atoms with van der Waals surface area (Å²) in [7, 11) is 0. The van der Waals surface area contributed by atoms with Crippen LogP contribution in [0.4, 0.5) is 0 Å². The van der Waals surface area contributed by atoms with Crippen molar-refractivity contribution in [2.75, 3.05) is 0 Å². The Kier molecular flexibility index (Phi) is 2.41. The van der Waals surface area contributed by atoms with E-state index in [1.54, 1.807) is 0 Å². The normalized spacial score (nSPS) is 10.9. The third-order valence-electron chi connectivity index (χ3n) is 3.08. The van der Waals surface area contributed by atoms with E-state index in [1.165, 1.54) is 22.0 Å². The van der Waals surface area contributed by atoms with Gasteiger partial charge in [0.15, 0.2) is 0 Å². The molecule has 84 valence electrons. The summed E-state index contributed by atoms with van der Waals surface area (Å²) in [5.41, 5.74) is 4.89. The first-order valence-corrected chi connectivity index (χ1v) is 5.89. The van der Waals surface area contributed by atoms with Crippen LogP contribution >= 0.6 is 0 Å². The van der Waals surface area contributed by atoms with Crippen LogP contribution in [0.3, 0.4) is 0 Å². The predicted molar refractivity (Wildman–Crippen MR) is 70.9 cm³/mol. The van der Waals surface area contributed by atoms with Crippen molar-refractivity contribution < 1.29 is 0 Å². The molecule has 2 heteroatoms. The highest BCUT2D eigenvalue weighted by atomic mass is 14.7. The van der Waals surface area contributed by atoms with Gasteiger partial charge in [-0.05, 0) is 42.3 Å². The standard InChI is InChI=1S/C15H14N2/c1-2-11-3-4-14-13(9-11)10-15(17-14)12-5-7-16-8-6-12/h3-10,17H,2H2,1H3. The van der Waals surface area contributed by atoms with E-state index >= 15 is 0 Å². The Morgan fingerprint density at radius 3 is 2.65 bits per heavy atom. The van der Waals surface area contributed by atoms with E-state index < -0.39 is 0 Å². The average Bonchev–Trinajstić information content (AvgIpc) is 2.82. The van der Waals surface area contributed by atoms with Gasteiger partial charge in [0.1, 0.15) is 0 Å². The number of aryl methyl sites for hydroxylation is 1. The minimum Gasteiger partial charge on any atom is -0.355 e. The Bertz CT molecular complexity index is 638. The lowest BCUT2D eigenvalue weighted by atomic mass is 10.1. The Morgan fingerprint density at radius 1 is 1.06 bits per heavy atom.